The fourth-order valence-corrected chi connectivity index (χ4v) is 2.33. The molecule has 0 N–H and O–H groups in total. The molecule has 0 aliphatic carbocycles. The second kappa shape index (κ2) is 7.63. The lowest BCUT2D eigenvalue weighted by Gasteiger charge is -2.20. The minimum atomic E-state index is -0.248. The normalized spacial score (nSPS) is 12.4. The van der Waals surface area contributed by atoms with Crippen molar-refractivity contribution in [2.45, 2.75) is 19.6 Å². The number of benzene rings is 1. The molecule has 2 aromatic rings. The Kier molecular flexibility index (Phi) is 5.83. The molecule has 0 aliphatic heterocycles. The van der Waals surface area contributed by atoms with Crippen molar-refractivity contribution < 1.29 is 13.9 Å². The molecule has 0 fully saturated rings. The van der Waals surface area contributed by atoms with Gasteiger partial charge in [0.1, 0.15) is 5.52 Å². The highest BCUT2D eigenvalue weighted by atomic mass is 35.5. The van der Waals surface area contributed by atoms with Crippen LogP contribution in [0, 0.1) is 0 Å². The molecule has 0 unspecified atom stereocenters. The van der Waals surface area contributed by atoms with Crippen molar-refractivity contribution in [3.8, 4) is 0 Å². The van der Waals surface area contributed by atoms with Crippen molar-refractivity contribution >= 4 is 28.7 Å². The molecule has 2 rings (SSSR count). The van der Waals surface area contributed by atoms with Gasteiger partial charge >= 0.3 is 0 Å². The smallest absolute Gasteiger partial charge is 0.298 e. The number of oxazole rings is 1. The standard InChI is InChI=1S/C16H21ClN2O3/c1-5-11(8-15(20-3)21-4)10-19(2)16-18-13-7-6-12(17)9-14(13)22-16/h5-7,9,15H,8,10H2,1-4H3/b11-5+. The van der Waals surface area contributed by atoms with Gasteiger partial charge < -0.3 is 18.8 Å². The molecule has 1 aromatic carbocycles. The van der Waals surface area contributed by atoms with Crippen LogP contribution >= 0.6 is 11.6 Å². The molecule has 120 valence electrons. The van der Waals surface area contributed by atoms with Gasteiger partial charge in [0.05, 0.1) is 0 Å². The zero-order chi connectivity index (χ0) is 16.1. The summed E-state index contributed by atoms with van der Waals surface area (Å²) < 4.78 is 16.2. The minimum absolute atomic E-state index is 0.248. The Morgan fingerprint density at radius 2 is 2.14 bits per heavy atom. The summed E-state index contributed by atoms with van der Waals surface area (Å²) in [4.78, 5) is 6.42. The van der Waals surface area contributed by atoms with Crippen LogP contribution in [0.15, 0.2) is 34.3 Å². The average Bonchev–Trinajstić information content (AvgIpc) is 2.94. The van der Waals surface area contributed by atoms with E-state index < -0.39 is 0 Å². The van der Waals surface area contributed by atoms with Gasteiger partial charge in [-0.3, -0.25) is 0 Å². The Morgan fingerprint density at radius 3 is 2.77 bits per heavy atom. The van der Waals surface area contributed by atoms with Crippen LogP contribution in [0.1, 0.15) is 13.3 Å². The Balaban J connectivity index is 2.10. The Morgan fingerprint density at radius 1 is 1.41 bits per heavy atom. The van der Waals surface area contributed by atoms with Gasteiger partial charge in [-0.05, 0) is 19.1 Å². The molecular formula is C16H21ClN2O3. The number of likely N-dealkylation sites (N-methyl/N-ethyl adjacent to an activating group) is 1. The van der Waals surface area contributed by atoms with Crippen LogP contribution in [0.2, 0.25) is 5.02 Å². The largest absolute Gasteiger partial charge is 0.423 e. The number of anilines is 1. The van der Waals surface area contributed by atoms with Crippen LogP contribution in [-0.2, 0) is 9.47 Å². The van der Waals surface area contributed by atoms with Crippen LogP contribution in [0.4, 0.5) is 6.01 Å². The first kappa shape index (κ1) is 16.8. The van der Waals surface area contributed by atoms with E-state index in [2.05, 4.69) is 11.1 Å². The number of nitrogens with zero attached hydrogens (tertiary/aromatic N) is 2. The lowest BCUT2D eigenvalue weighted by Crippen LogP contribution is -2.23. The molecule has 0 bridgehead atoms. The number of ether oxygens (including phenoxy) is 2. The van der Waals surface area contributed by atoms with Crippen molar-refractivity contribution in [3.63, 3.8) is 0 Å². The van der Waals surface area contributed by atoms with Crippen molar-refractivity contribution in [3.05, 3.63) is 34.9 Å². The Hall–Kier alpha value is -1.56. The molecule has 1 aromatic heterocycles. The Bertz CT molecular complexity index is 650. The van der Waals surface area contributed by atoms with Gasteiger partial charge in [0.25, 0.3) is 6.01 Å². The van der Waals surface area contributed by atoms with Crippen LogP contribution in [0.5, 0.6) is 0 Å². The highest BCUT2D eigenvalue weighted by Crippen LogP contribution is 2.25. The van der Waals surface area contributed by atoms with Crippen molar-refractivity contribution in [2.75, 3.05) is 32.7 Å². The van der Waals surface area contributed by atoms with Crippen LogP contribution in [0.3, 0.4) is 0 Å². The number of allylic oxidation sites excluding steroid dienone is 1. The second-order valence-electron chi connectivity index (χ2n) is 5.02. The summed E-state index contributed by atoms with van der Waals surface area (Å²) in [7, 11) is 5.20. The number of halogens is 1. The summed E-state index contributed by atoms with van der Waals surface area (Å²) in [5.74, 6) is 0. The van der Waals surface area contributed by atoms with E-state index in [9.17, 15) is 0 Å². The van der Waals surface area contributed by atoms with Gasteiger partial charge in [-0.15, -0.1) is 0 Å². The molecule has 0 amide bonds. The first-order valence-electron chi connectivity index (χ1n) is 7.04. The fraction of sp³-hybridized carbons (Fsp3) is 0.438. The van der Waals surface area contributed by atoms with Gasteiger partial charge in [0, 0.05) is 45.3 Å². The summed E-state index contributed by atoms with van der Waals surface area (Å²) in [6.07, 6.45) is 2.50. The lowest BCUT2D eigenvalue weighted by molar-refractivity contribution is -0.100. The van der Waals surface area contributed by atoms with Crippen LogP contribution in [0.25, 0.3) is 11.1 Å². The monoisotopic (exact) mass is 324 g/mol. The molecule has 0 atom stereocenters. The zero-order valence-electron chi connectivity index (χ0n) is 13.3. The number of hydrogen-bond acceptors (Lipinski definition) is 5. The van der Waals surface area contributed by atoms with E-state index in [1.165, 1.54) is 5.57 Å². The number of aromatic nitrogens is 1. The third-order valence-corrected chi connectivity index (χ3v) is 3.70. The van der Waals surface area contributed by atoms with Crippen molar-refractivity contribution in [1.29, 1.82) is 0 Å². The van der Waals surface area contributed by atoms with E-state index in [4.69, 9.17) is 25.5 Å². The maximum Gasteiger partial charge on any atom is 0.298 e. The van der Waals surface area contributed by atoms with E-state index in [1.54, 1.807) is 26.4 Å². The summed E-state index contributed by atoms with van der Waals surface area (Å²) in [5, 5.41) is 0.634. The van der Waals surface area contributed by atoms with E-state index in [1.807, 2.05) is 24.9 Å². The van der Waals surface area contributed by atoms with Gasteiger partial charge in [0.15, 0.2) is 11.9 Å². The van der Waals surface area contributed by atoms with Gasteiger partial charge in [-0.1, -0.05) is 23.3 Å². The summed E-state index contributed by atoms with van der Waals surface area (Å²) >= 11 is 5.97. The second-order valence-corrected chi connectivity index (χ2v) is 5.45. The van der Waals surface area contributed by atoms with Gasteiger partial charge in [0.2, 0.25) is 0 Å². The number of rotatable bonds is 7. The van der Waals surface area contributed by atoms with Crippen LogP contribution in [-0.4, -0.2) is 39.1 Å². The molecule has 0 aliphatic rings. The SMILES string of the molecule is C/C=C(\CC(OC)OC)CN(C)c1nc2ccc(Cl)cc2o1. The first-order valence-corrected chi connectivity index (χ1v) is 7.42. The molecule has 5 nitrogen and oxygen atoms in total. The molecule has 0 radical (unpaired) electrons. The molecule has 22 heavy (non-hydrogen) atoms. The van der Waals surface area contributed by atoms with Crippen LogP contribution < -0.4 is 4.90 Å². The number of hydrogen-bond donors (Lipinski definition) is 0. The quantitative estimate of drug-likeness (QED) is 0.571. The third kappa shape index (κ3) is 4.00. The number of methoxy groups -OCH3 is 2. The lowest BCUT2D eigenvalue weighted by atomic mass is 10.1. The van der Waals surface area contributed by atoms with Crippen molar-refractivity contribution in [1.82, 2.24) is 4.98 Å². The predicted octanol–water partition coefficient (Wildman–Crippen LogP) is 3.87. The highest BCUT2D eigenvalue weighted by molar-refractivity contribution is 6.31. The molecule has 0 saturated heterocycles. The first-order chi connectivity index (χ1) is 10.6. The summed E-state index contributed by atoms with van der Waals surface area (Å²) in [6.45, 7) is 2.68. The highest BCUT2D eigenvalue weighted by Gasteiger charge is 2.14. The number of fused-ring (bicyclic) bond motifs is 1. The average molecular weight is 325 g/mol. The zero-order valence-corrected chi connectivity index (χ0v) is 14.1. The minimum Gasteiger partial charge on any atom is -0.423 e. The maximum absolute atomic E-state index is 5.97. The van der Waals surface area contributed by atoms with E-state index >= 15 is 0 Å². The fourth-order valence-electron chi connectivity index (χ4n) is 2.17. The van der Waals surface area contributed by atoms with E-state index in [0.717, 1.165) is 5.52 Å². The maximum atomic E-state index is 5.97. The van der Waals surface area contributed by atoms with E-state index in [0.29, 0.717) is 29.6 Å². The topological polar surface area (TPSA) is 47.7 Å². The Labute approximate surface area is 135 Å². The van der Waals surface area contributed by atoms with Gasteiger partial charge in [-0.25, -0.2) is 0 Å². The molecule has 0 saturated carbocycles. The third-order valence-electron chi connectivity index (χ3n) is 3.47. The van der Waals surface area contributed by atoms with E-state index in [-0.39, 0.29) is 6.29 Å². The van der Waals surface area contributed by atoms with Crippen molar-refractivity contribution in [2.24, 2.45) is 0 Å². The molecular weight excluding hydrogens is 304 g/mol. The van der Waals surface area contributed by atoms with Gasteiger partial charge in [-0.2, -0.15) is 4.98 Å². The summed E-state index contributed by atoms with van der Waals surface area (Å²) in [5.41, 5.74) is 2.65. The predicted molar refractivity (Wildman–Crippen MR) is 88.5 cm³/mol. The molecule has 0 spiro atoms. The summed E-state index contributed by atoms with van der Waals surface area (Å²) in [6, 6.07) is 5.97. The molecule has 6 heteroatoms. The molecule has 1 heterocycles.